The van der Waals surface area contributed by atoms with Gasteiger partial charge in [0.1, 0.15) is 17.9 Å². The quantitative estimate of drug-likeness (QED) is 0.404. The summed E-state index contributed by atoms with van der Waals surface area (Å²) >= 11 is 0. The number of hydrogen-bond donors (Lipinski definition) is 0. The number of allylic oxidation sites excluding steroid dienone is 5. The van der Waals surface area contributed by atoms with Crippen LogP contribution in [0.1, 0.15) is 26.7 Å². The highest BCUT2D eigenvalue weighted by Crippen LogP contribution is 2.58. The highest BCUT2D eigenvalue weighted by atomic mass is 31.2. The van der Waals surface area contributed by atoms with Crippen molar-refractivity contribution in [2.24, 2.45) is 0 Å². The molecule has 0 nitrogen and oxygen atoms in total. The van der Waals surface area contributed by atoms with Crippen molar-refractivity contribution in [3.63, 3.8) is 0 Å². The van der Waals surface area contributed by atoms with E-state index in [1.807, 2.05) is 6.92 Å². The highest BCUT2D eigenvalue weighted by Gasteiger charge is 2.39. The fourth-order valence-electron chi connectivity index (χ4n) is 2.89. The molecule has 0 fully saturated rings. The van der Waals surface area contributed by atoms with E-state index in [0.29, 0.717) is 0 Å². The molecule has 0 atom stereocenters. The van der Waals surface area contributed by atoms with Crippen LogP contribution in [0.2, 0.25) is 0 Å². The average Bonchev–Trinajstić information content (AvgIpc) is 2.66. The number of benzene rings is 2. The van der Waals surface area contributed by atoms with Crippen LogP contribution in [0.25, 0.3) is 0 Å². The third-order valence-electron chi connectivity index (χ3n) is 4.16. The van der Waals surface area contributed by atoms with Crippen molar-refractivity contribution < 1.29 is 0 Å². The molecular weight excluding hydrogens is 307 g/mol. The predicted molar refractivity (Wildman–Crippen MR) is 112 cm³/mol. The van der Waals surface area contributed by atoms with Crippen LogP contribution in [0.5, 0.6) is 0 Å². The largest absolute Gasteiger partial charge is 0.104 e. The Balaban J connectivity index is 2.51. The second-order valence-electron chi connectivity index (χ2n) is 5.87. The molecule has 2 aromatic rings. The Morgan fingerprint density at radius 3 is 1.79 bits per heavy atom. The first kappa shape index (κ1) is 18.4. The number of hydrogen-bond acceptors (Lipinski definition) is 0. The molecule has 2 aromatic carbocycles. The van der Waals surface area contributed by atoms with E-state index in [-0.39, 0.29) is 0 Å². The molecule has 0 aliphatic carbocycles. The van der Waals surface area contributed by atoms with Crippen LogP contribution in [-0.4, -0.2) is 6.16 Å². The van der Waals surface area contributed by atoms with Crippen molar-refractivity contribution in [1.29, 1.82) is 0 Å². The van der Waals surface area contributed by atoms with Gasteiger partial charge in [-0.2, -0.15) is 0 Å². The molecule has 124 valence electrons. The van der Waals surface area contributed by atoms with Gasteiger partial charge in [0.25, 0.3) is 0 Å². The predicted octanol–water partition coefficient (Wildman–Crippen LogP) is 6.10. The van der Waals surface area contributed by atoms with Gasteiger partial charge in [-0.15, -0.1) is 0 Å². The van der Waals surface area contributed by atoms with Gasteiger partial charge in [0.15, 0.2) is 0 Å². The molecule has 0 aliphatic rings. The van der Waals surface area contributed by atoms with Crippen LogP contribution >= 0.6 is 7.26 Å². The van der Waals surface area contributed by atoms with Gasteiger partial charge >= 0.3 is 0 Å². The summed E-state index contributed by atoms with van der Waals surface area (Å²) in [6, 6.07) is 22.1. The standard InChI is InChI=1S/C23H28P/c1-3-5-7-8-15-21-24(20-6-4-2,22-16-11-9-12-17-22)23-18-13-10-14-19-23/h3,5,7-19,21H,4,6,20H2,1-2H3/q+1/b5-3-,8-7-,21-15+. The lowest BCUT2D eigenvalue weighted by Crippen LogP contribution is -2.23. The summed E-state index contributed by atoms with van der Waals surface area (Å²) in [5.41, 5.74) is 0. The third-order valence-corrected chi connectivity index (χ3v) is 8.31. The summed E-state index contributed by atoms with van der Waals surface area (Å²) in [5, 5.41) is 2.95. The molecule has 0 bridgehead atoms. The maximum Gasteiger partial charge on any atom is 0.104 e. The summed E-state index contributed by atoms with van der Waals surface area (Å²) in [5.74, 6) is 2.48. The third kappa shape index (κ3) is 4.79. The molecule has 0 heterocycles. The van der Waals surface area contributed by atoms with E-state index in [1.165, 1.54) is 29.6 Å². The van der Waals surface area contributed by atoms with Gasteiger partial charge in [0, 0.05) is 0 Å². The van der Waals surface area contributed by atoms with Crippen molar-refractivity contribution in [1.82, 2.24) is 0 Å². The zero-order valence-corrected chi connectivity index (χ0v) is 15.7. The van der Waals surface area contributed by atoms with Crippen LogP contribution in [0, 0.1) is 0 Å². The van der Waals surface area contributed by atoms with Gasteiger partial charge in [0.2, 0.25) is 0 Å². The first-order valence-electron chi connectivity index (χ1n) is 8.79. The van der Waals surface area contributed by atoms with Crippen molar-refractivity contribution in [2.75, 3.05) is 6.16 Å². The molecule has 24 heavy (non-hydrogen) atoms. The van der Waals surface area contributed by atoms with Crippen LogP contribution in [0.3, 0.4) is 0 Å². The van der Waals surface area contributed by atoms with E-state index in [4.69, 9.17) is 0 Å². The Labute approximate surface area is 148 Å². The van der Waals surface area contributed by atoms with Crippen molar-refractivity contribution in [3.8, 4) is 0 Å². The van der Waals surface area contributed by atoms with Crippen LogP contribution in [-0.2, 0) is 0 Å². The maximum atomic E-state index is 2.48. The summed E-state index contributed by atoms with van der Waals surface area (Å²) in [6.07, 6.45) is 14.3. The van der Waals surface area contributed by atoms with Crippen LogP contribution in [0.15, 0.2) is 96.9 Å². The molecule has 0 saturated heterocycles. The van der Waals surface area contributed by atoms with E-state index in [0.717, 1.165) is 0 Å². The molecule has 0 amide bonds. The van der Waals surface area contributed by atoms with Crippen molar-refractivity contribution >= 4 is 17.9 Å². The fraction of sp³-hybridized carbons (Fsp3) is 0.217. The monoisotopic (exact) mass is 335 g/mol. The molecule has 1 heteroatoms. The summed E-state index contributed by atoms with van der Waals surface area (Å²) in [4.78, 5) is 0. The molecule has 0 radical (unpaired) electrons. The van der Waals surface area contributed by atoms with Crippen molar-refractivity contribution in [2.45, 2.75) is 26.7 Å². The van der Waals surface area contributed by atoms with E-state index in [9.17, 15) is 0 Å². The van der Waals surface area contributed by atoms with E-state index >= 15 is 0 Å². The Bertz CT molecular complexity index is 626. The zero-order valence-electron chi connectivity index (χ0n) is 14.8. The van der Waals surface area contributed by atoms with Crippen LogP contribution in [0.4, 0.5) is 0 Å². The number of unbranched alkanes of at least 4 members (excludes halogenated alkanes) is 1. The maximum absolute atomic E-state index is 2.48. The fourth-order valence-corrected chi connectivity index (χ4v) is 6.81. The topological polar surface area (TPSA) is 0 Å². The van der Waals surface area contributed by atoms with Crippen molar-refractivity contribution in [3.05, 3.63) is 96.9 Å². The second kappa shape index (κ2) is 10.1. The molecule has 0 aliphatic heterocycles. The first-order valence-corrected chi connectivity index (χ1v) is 10.8. The smallest absolute Gasteiger partial charge is 0.0877 e. The molecular formula is C23H28P+. The Hall–Kier alpha value is -1.91. The van der Waals surface area contributed by atoms with Gasteiger partial charge in [-0.1, -0.05) is 74.0 Å². The molecule has 0 aromatic heterocycles. The second-order valence-corrected chi connectivity index (χ2v) is 9.39. The Morgan fingerprint density at radius 1 is 0.750 bits per heavy atom. The Kier molecular flexibility index (Phi) is 7.72. The summed E-state index contributed by atoms with van der Waals surface area (Å²) in [6.45, 7) is 4.32. The SMILES string of the molecule is C\C=C/C=C\C=C\[P+](CCCC)(c1ccccc1)c1ccccc1. The minimum Gasteiger partial charge on any atom is -0.0877 e. The van der Waals surface area contributed by atoms with E-state index in [2.05, 4.69) is 104 Å². The molecule has 2 rings (SSSR count). The molecule has 0 spiro atoms. The minimum atomic E-state index is -1.52. The molecule has 0 unspecified atom stereocenters. The average molecular weight is 335 g/mol. The zero-order chi connectivity index (χ0) is 17.1. The summed E-state index contributed by atoms with van der Waals surface area (Å²) < 4.78 is 0. The highest BCUT2D eigenvalue weighted by molar-refractivity contribution is 7.92. The number of rotatable bonds is 8. The lowest BCUT2D eigenvalue weighted by atomic mass is 10.4. The molecule has 0 N–H and O–H groups in total. The van der Waals surface area contributed by atoms with E-state index < -0.39 is 7.26 Å². The van der Waals surface area contributed by atoms with Gasteiger partial charge in [-0.25, -0.2) is 0 Å². The molecule has 0 saturated carbocycles. The normalized spacial score (nSPS) is 12.6. The van der Waals surface area contributed by atoms with Gasteiger partial charge in [-0.3, -0.25) is 0 Å². The Morgan fingerprint density at radius 2 is 1.29 bits per heavy atom. The van der Waals surface area contributed by atoms with E-state index in [1.54, 1.807) is 0 Å². The van der Waals surface area contributed by atoms with Gasteiger partial charge in [0.05, 0.1) is 12.0 Å². The lowest BCUT2D eigenvalue weighted by Gasteiger charge is -2.23. The van der Waals surface area contributed by atoms with Gasteiger partial charge < -0.3 is 0 Å². The van der Waals surface area contributed by atoms with Crippen LogP contribution < -0.4 is 10.6 Å². The first-order chi connectivity index (χ1) is 11.8. The van der Waals surface area contributed by atoms with Gasteiger partial charge in [-0.05, 0) is 43.7 Å². The minimum absolute atomic E-state index is 1.23. The summed E-state index contributed by atoms with van der Waals surface area (Å²) in [7, 11) is -1.52. The lowest BCUT2D eigenvalue weighted by molar-refractivity contribution is 0.891.